The number of nitrogens with zero attached hydrogens (tertiary/aromatic N) is 1. The Morgan fingerprint density at radius 1 is 1.17 bits per heavy atom. The van der Waals surface area contributed by atoms with E-state index in [1.165, 1.54) is 6.33 Å². The summed E-state index contributed by atoms with van der Waals surface area (Å²) in [6.45, 7) is 11.7. The third-order valence-corrected chi connectivity index (χ3v) is 6.17. The van der Waals surface area contributed by atoms with Crippen molar-refractivity contribution in [1.29, 1.82) is 0 Å². The van der Waals surface area contributed by atoms with Gasteiger partial charge in [0.1, 0.15) is 11.4 Å². The number of aromatic nitrogens is 3. The van der Waals surface area contributed by atoms with Crippen molar-refractivity contribution in [2.75, 3.05) is 6.61 Å². The van der Waals surface area contributed by atoms with Crippen molar-refractivity contribution < 1.29 is 4.74 Å². The van der Waals surface area contributed by atoms with Gasteiger partial charge in [-0.3, -0.25) is 4.79 Å². The summed E-state index contributed by atoms with van der Waals surface area (Å²) in [5, 5.41) is 0.551. The summed E-state index contributed by atoms with van der Waals surface area (Å²) >= 11 is 0. The molecule has 35 heavy (non-hydrogen) atoms. The molecule has 0 fully saturated rings. The van der Waals surface area contributed by atoms with Crippen molar-refractivity contribution in [2.45, 2.75) is 47.5 Å². The van der Waals surface area contributed by atoms with E-state index in [9.17, 15) is 4.79 Å². The Bertz CT molecular complexity index is 1270. The largest absolute Gasteiger partial charge is 0.494 e. The Morgan fingerprint density at radius 2 is 1.94 bits per heavy atom. The molecule has 0 aliphatic heterocycles. The maximum atomic E-state index is 12.1. The van der Waals surface area contributed by atoms with Gasteiger partial charge in [0, 0.05) is 5.69 Å². The third-order valence-electron chi connectivity index (χ3n) is 6.17. The van der Waals surface area contributed by atoms with Crippen LogP contribution in [0.5, 0.6) is 5.75 Å². The normalized spacial score (nSPS) is 14.0. The molecule has 1 unspecified atom stereocenters. The first kappa shape index (κ1) is 26.0. The van der Waals surface area contributed by atoms with E-state index in [0.29, 0.717) is 22.9 Å². The zero-order valence-corrected chi connectivity index (χ0v) is 21.5. The molecule has 2 heterocycles. The molecule has 0 radical (unpaired) electrons. The standard InChI is InChI=1S/C30H37N3O2/c1-6-7-8-9-25(28-19-27-29(33-28)31-20-32-30(27)34)18-22(4)10-11-24-12-14-26(15-13-24)35-17-16-23(5)21(2)3/h7-15,18-21,23H,6,16-17H2,1-5H3,(H2,31,32,33,34)/b8-7+,11-10+,22-18+,25-9+. The van der Waals surface area contributed by atoms with Crippen LogP contribution >= 0.6 is 0 Å². The lowest BCUT2D eigenvalue weighted by Gasteiger charge is -2.15. The lowest BCUT2D eigenvalue weighted by atomic mass is 9.95. The highest BCUT2D eigenvalue weighted by Crippen LogP contribution is 2.22. The number of fused-ring (bicyclic) bond motifs is 1. The number of aromatic amines is 2. The van der Waals surface area contributed by atoms with Gasteiger partial charge in [0.15, 0.2) is 0 Å². The van der Waals surface area contributed by atoms with Crippen molar-refractivity contribution in [3.8, 4) is 5.75 Å². The highest BCUT2D eigenvalue weighted by Gasteiger charge is 2.08. The first-order chi connectivity index (χ1) is 16.9. The lowest BCUT2D eigenvalue weighted by Crippen LogP contribution is -2.09. The maximum Gasteiger partial charge on any atom is 0.260 e. The van der Waals surface area contributed by atoms with Crippen molar-refractivity contribution in [3.63, 3.8) is 0 Å². The minimum Gasteiger partial charge on any atom is -0.494 e. The number of nitrogens with one attached hydrogen (secondary N) is 2. The molecule has 0 spiro atoms. The smallest absolute Gasteiger partial charge is 0.260 e. The van der Waals surface area contributed by atoms with Gasteiger partial charge in [-0.05, 0) is 67.0 Å². The third kappa shape index (κ3) is 7.71. The molecule has 1 atom stereocenters. The van der Waals surface area contributed by atoms with Crippen LogP contribution in [0.15, 0.2) is 77.4 Å². The van der Waals surface area contributed by atoms with Crippen LogP contribution in [0, 0.1) is 11.8 Å². The van der Waals surface area contributed by atoms with Gasteiger partial charge < -0.3 is 14.7 Å². The summed E-state index contributed by atoms with van der Waals surface area (Å²) in [6, 6.07) is 10.0. The molecule has 3 rings (SSSR count). The number of H-pyrrole nitrogens is 2. The van der Waals surface area contributed by atoms with Crippen LogP contribution < -0.4 is 10.3 Å². The minimum absolute atomic E-state index is 0.150. The number of hydrogen-bond donors (Lipinski definition) is 2. The van der Waals surface area contributed by atoms with Gasteiger partial charge in [0.25, 0.3) is 5.56 Å². The average molecular weight is 472 g/mol. The van der Waals surface area contributed by atoms with E-state index in [1.807, 2.05) is 30.4 Å². The molecule has 0 bridgehead atoms. The number of benzene rings is 1. The number of hydrogen-bond acceptors (Lipinski definition) is 3. The second-order valence-corrected chi connectivity index (χ2v) is 9.28. The van der Waals surface area contributed by atoms with Crippen LogP contribution in [-0.2, 0) is 0 Å². The summed E-state index contributed by atoms with van der Waals surface area (Å²) in [4.78, 5) is 22.2. The molecule has 0 amide bonds. The molecular weight excluding hydrogens is 434 g/mol. The minimum atomic E-state index is -0.150. The molecule has 1 aromatic carbocycles. The predicted octanol–water partition coefficient (Wildman–Crippen LogP) is 7.32. The number of ether oxygens (including phenoxy) is 1. The summed E-state index contributed by atoms with van der Waals surface area (Å²) in [5.41, 5.74) is 4.46. The molecule has 5 nitrogen and oxygen atoms in total. The van der Waals surface area contributed by atoms with Gasteiger partial charge in [-0.25, -0.2) is 4.98 Å². The van der Waals surface area contributed by atoms with Gasteiger partial charge in [0.2, 0.25) is 0 Å². The SMILES string of the molecule is CC/C=C/C=C(\C=C(C)\C=C\c1ccc(OCCC(C)C(C)C)cc1)c1cc2c(=O)[nH]cnc2[nH]1. The Hall–Kier alpha value is -3.60. The molecule has 0 aliphatic carbocycles. The molecule has 2 N–H and O–H groups in total. The maximum absolute atomic E-state index is 12.1. The molecule has 2 aromatic heterocycles. The summed E-state index contributed by atoms with van der Waals surface area (Å²) in [7, 11) is 0. The van der Waals surface area contributed by atoms with E-state index in [-0.39, 0.29) is 5.56 Å². The lowest BCUT2D eigenvalue weighted by molar-refractivity contribution is 0.259. The highest BCUT2D eigenvalue weighted by molar-refractivity contribution is 5.84. The molecule has 3 aromatic rings. The Labute approximate surface area is 208 Å². The fourth-order valence-electron chi connectivity index (χ4n) is 3.52. The Kier molecular flexibility index (Phi) is 9.47. The van der Waals surface area contributed by atoms with Gasteiger partial charge in [-0.2, -0.15) is 0 Å². The molecule has 5 heteroatoms. The summed E-state index contributed by atoms with van der Waals surface area (Å²) < 4.78 is 5.91. The number of rotatable bonds is 11. The Balaban J connectivity index is 1.72. The van der Waals surface area contributed by atoms with E-state index in [0.717, 1.165) is 47.6 Å². The Morgan fingerprint density at radius 3 is 2.63 bits per heavy atom. The second kappa shape index (κ2) is 12.7. The van der Waals surface area contributed by atoms with Crippen LogP contribution in [0.2, 0.25) is 0 Å². The topological polar surface area (TPSA) is 70.8 Å². The fraction of sp³-hybridized carbons (Fsp3) is 0.333. The fourth-order valence-corrected chi connectivity index (χ4v) is 3.52. The molecule has 0 saturated heterocycles. The summed E-state index contributed by atoms with van der Waals surface area (Å²) in [5.74, 6) is 2.24. The van der Waals surface area contributed by atoms with Gasteiger partial charge in [-0.1, -0.05) is 75.8 Å². The highest BCUT2D eigenvalue weighted by atomic mass is 16.5. The van der Waals surface area contributed by atoms with Crippen LogP contribution in [0.3, 0.4) is 0 Å². The zero-order valence-electron chi connectivity index (χ0n) is 21.5. The van der Waals surface area contributed by atoms with Crippen LogP contribution in [0.4, 0.5) is 0 Å². The van der Waals surface area contributed by atoms with E-state index in [1.54, 1.807) is 0 Å². The van der Waals surface area contributed by atoms with Crippen LogP contribution in [0.25, 0.3) is 22.7 Å². The van der Waals surface area contributed by atoms with E-state index >= 15 is 0 Å². The molecular formula is C30H37N3O2. The van der Waals surface area contributed by atoms with E-state index in [4.69, 9.17) is 4.74 Å². The number of allylic oxidation sites excluding steroid dienone is 7. The predicted molar refractivity (Wildman–Crippen MR) is 147 cm³/mol. The van der Waals surface area contributed by atoms with Crippen molar-refractivity contribution in [2.24, 2.45) is 11.8 Å². The first-order valence-electron chi connectivity index (χ1n) is 12.4. The summed E-state index contributed by atoms with van der Waals surface area (Å²) in [6.07, 6.45) is 15.9. The zero-order chi connectivity index (χ0) is 25.2. The monoisotopic (exact) mass is 471 g/mol. The quantitative estimate of drug-likeness (QED) is 0.288. The van der Waals surface area contributed by atoms with Crippen molar-refractivity contribution in [3.05, 3.63) is 94.2 Å². The van der Waals surface area contributed by atoms with Crippen molar-refractivity contribution in [1.82, 2.24) is 15.0 Å². The molecule has 0 saturated carbocycles. The van der Waals surface area contributed by atoms with Gasteiger partial charge in [-0.15, -0.1) is 0 Å². The second-order valence-electron chi connectivity index (χ2n) is 9.28. The van der Waals surface area contributed by atoms with Gasteiger partial charge in [0.05, 0.1) is 18.3 Å². The molecule has 184 valence electrons. The van der Waals surface area contributed by atoms with Crippen LogP contribution in [-0.4, -0.2) is 21.6 Å². The van der Waals surface area contributed by atoms with E-state index in [2.05, 4.69) is 86.0 Å². The van der Waals surface area contributed by atoms with Gasteiger partial charge >= 0.3 is 0 Å². The van der Waals surface area contributed by atoms with Crippen LogP contribution in [0.1, 0.15) is 58.7 Å². The van der Waals surface area contributed by atoms with Crippen molar-refractivity contribution >= 4 is 22.7 Å². The first-order valence-corrected chi connectivity index (χ1v) is 12.4. The average Bonchev–Trinajstić information content (AvgIpc) is 3.28. The molecule has 0 aliphatic rings. The van der Waals surface area contributed by atoms with E-state index < -0.39 is 0 Å².